The van der Waals surface area contributed by atoms with Gasteiger partial charge in [0.25, 0.3) is 5.91 Å². The van der Waals surface area contributed by atoms with E-state index in [1.165, 1.54) is 11.3 Å². The van der Waals surface area contributed by atoms with Crippen molar-refractivity contribution in [1.29, 1.82) is 0 Å². The minimum Gasteiger partial charge on any atom is -0.497 e. The van der Waals surface area contributed by atoms with Crippen LogP contribution >= 0.6 is 0 Å². The molecule has 0 spiro atoms. The monoisotopic (exact) mass is 347 g/mol. The molecule has 26 heavy (non-hydrogen) atoms. The molecular weight excluding hydrogens is 326 g/mol. The van der Waals surface area contributed by atoms with Crippen molar-refractivity contribution in [3.8, 4) is 5.75 Å². The van der Waals surface area contributed by atoms with Crippen LogP contribution in [0.15, 0.2) is 53.2 Å². The van der Waals surface area contributed by atoms with E-state index < -0.39 is 0 Å². The lowest BCUT2D eigenvalue weighted by molar-refractivity contribution is -0.121. The van der Waals surface area contributed by atoms with Crippen molar-refractivity contribution in [2.75, 3.05) is 25.6 Å². The molecular formula is C21H21N3O2. The van der Waals surface area contributed by atoms with E-state index in [9.17, 15) is 4.79 Å². The Hall–Kier alpha value is -3.08. The van der Waals surface area contributed by atoms with Gasteiger partial charge in [0, 0.05) is 25.0 Å². The van der Waals surface area contributed by atoms with E-state index in [4.69, 9.17) is 4.74 Å². The molecule has 0 atom stereocenters. The third-order valence-electron chi connectivity index (χ3n) is 4.98. The first-order chi connectivity index (χ1) is 12.6. The fourth-order valence-electron chi connectivity index (χ4n) is 3.41. The van der Waals surface area contributed by atoms with Gasteiger partial charge in [-0.25, -0.2) is 4.99 Å². The molecule has 2 aromatic carbocycles. The van der Waals surface area contributed by atoms with Gasteiger partial charge in [-0.15, -0.1) is 0 Å². The van der Waals surface area contributed by atoms with Crippen molar-refractivity contribution < 1.29 is 9.53 Å². The van der Waals surface area contributed by atoms with Gasteiger partial charge in [-0.05, 0) is 66.9 Å². The molecule has 0 unspecified atom stereocenters. The van der Waals surface area contributed by atoms with E-state index in [0.29, 0.717) is 5.70 Å². The Morgan fingerprint density at radius 3 is 2.58 bits per heavy atom. The minimum absolute atomic E-state index is 0.0529. The van der Waals surface area contributed by atoms with Crippen LogP contribution in [0.1, 0.15) is 18.1 Å². The smallest absolute Gasteiger partial charge is 0.277 e. The number of aliphatic imine (C=N–C) groups is 1. The second kappa shape index (κ2) is 6.33. The first kappa shape index (κ1) is 16.4. The number of carbonyl (C=O) groups excluding carboxylic acids is 1. The van der Waals surface area contributed by atoms with E-state index in [1.807, 2.05) is 31.2 Å². The summed E-state index contributed by atoms with van der Waals surface area (Å²) in [4.78, 5) is 20.4. The summed E-state index contributed by atoms with van der Waals surface area (Å²) >= 11 is 0. The van der Waals surface area contributed by atoms with Gasteiger partial charge < -0.3 is 9.64 Å². The molecule has 2 heterocycles. The topological polar surface area (TPSA) is 45.1 Å². The van der Waals surface area contributed by atoms with Crippen LogP contribution in [0.3, 0.4) is 0 Å². The number of rotatable bonds is 3. The van der Waals surface area contributed by atoms with Crippen LogP contribution in [0.4, 0.5) is 11.4 Å². The number of amidine groups is 1. The zero-order valence-corrected chi connectivity index (χ0v) is 15.2. The van der Waals surface area contributed by atoms with Gasteiger partial charge in [0.1, 0.15) is 17.3 Å². The SMILES string of the molecule is COc1ccc(N2CCc3cc(/C=C4\N=C(C)N(C)C4=O)ccc32)cc1. The molecule has 0 aromatic heterocycles. The van der Waals surface area contributed by atoms with E-state index in [1.54, 1.807) is 19.1 Å². The zero-order chi connectivity index (χ0) is 18.3. The van der Waals surface area contributed by atoms with Crippen molar-refractivity contribution in [3.05, 3.63) is 59.3 Å². The Morgan fingerprint density at radius 1 is 1.15 bits per heavy atom. The standard InChI is InChI=1S/C21H21N3O2/c1-14-22-19(21(25)23(14)2)13-15-4-9-20-16(12-15)10-11-24(20)17-5-7-18(26-3)8-6-17/h4-9,12-13H,10-11H2,1-3H3/b19-13-. The van der Waals surface area contributed by atoms with Crippen molar-refractivity contribution in [1.82, 2.24) is 4.90 Å². The third-order valence-corrected chi connectivity index (χ3v) is 4.98. The summed E-state index contributed by atoms with van der Waals surface area (Å²) in [6.07, 6.45) is 2.85. The predicted octanol–water partition coefficient (Wildman–Crippen LogP) is 3.62. The summed E-state index contributed by atoms with van der Waals surface area (Å²) in [6.45, 7) is 2.79. The minimum atomic E-state index is -0.0529. The number of carbonyl (C=O) groups is 1. The molecule has 0 aliphatic carbocycles. The number of methoxy groups -OCH3 is 1. The Labute approximate surface area is 153 Å². The number of fused-ring (bicyclic) bond motifs is 1. The number of anilines is 2. The van der Waals surface area contributed by atoms with Crippen LogP contribution in [0.25, 0.3) is 6.08 Å². The molecule has 2 aromatic rings. The third kappa shape index (κ3) is 2.75. The maximum atomic E-state index is 12.2. The van der Waals surface area contributed by atoms with Crippen LogP contribution in [0.2, 0.25) is 0 Å². The van der Waals surface area contributed by atoms with Crippen molar-refractivity contribution in [3.63, 3.8) is 0 Å². The summed E-state index contributed by atoms with van der Waals surface area (Å²) in [5.41, 5.74) is 5.16. The Bertz CT molecular complexity index is 929. The van der Waals surface area contributed by atoms with E-state index in [2.05, 4.69) is 34.2 Å². The van der Waals surface area contributed by atoms with Gasteiger partial charge in [0.05, 0.1) is 7.11 Å². The molecule has 0 radical (unpaired) electrons. The highest BCUT2D eigenvalue weighted by atomic mass is 16.5. The number of hydrogen-bond acceptors (Lipinski definition) is 4. The Morgan fingerprint density at radius 2 is 1.92 bits per heavy atom. The summed E-state index contributed by atoms with van der Waals surface area (Å²) in [5, 5.41) is 0. The Balaban J connectivity index is 1.62. The summed E-state index contributed by atoms with van der Waals surface area (Å²) in [5.74, 6) is 1.54. The summed E-state index contributed by atoms with van der Waals surface area (Å²) < 4.78 is 5.24. The van der Waals surface area contributed by atoms with Crippen LogP contribution < -0.4 is 9.64 Å². The maximum Gasteiger partial charge on any atom is 0.277 e. The van der Waals surface area contributed by atoms with Gasteiger partial charge in [-0.1, -0.05) is 6.07 Å². The lowest BCUT2D eigenvalue weighted by atomic mass is 10.1. The number of amides is 1. The second-order valence-corrected chi connectivity index (χ2v) is 6.54. The first-order valence-electron chi connectivity index (χ1n) is 8.66. The summed E-state index contributed by atoms with van der Waals surface area (Å²) in [7, 11) is 3.42. The van der Waals surface area contributed by atoms with Crippen LogP contribution in [-0.4, -0.2) is 37.3 Å². The number of hydrogen-bond donors (Lipinski definition) is 0. The number of likely N-dealkylation sites (N-methyl/N-ethyl adjacent to an activating group) is 1. The van der Waals surface area contributed by atoms with Crippen molar-refractivity contribution in [2.24, 2.45) is 4.99 Å². The van der Waals surface area contributed by atoms with E-state index in [-0.39, 0.29) is 5.91 Å². The average Bonchev–Trinajstić information content (AvgIpc) is 3.18. The number of ether oxygens (including phenoxy) is 1. The van der Waals surface area contributed by atoms with Crippen LogP contribution in [0, 0.1) is 0 Å². The van der Waals surface area contributed by atoms with E-state index in [0.717, 1.165) is 35.8 Å². The number of nitrogens with zero attached hydrogens (tertiary/aromatic N) is 3. The van der Waals surface area contributed by atoms with Crippen LogP contribution in [0.5, 0.6) is 5.75 Å². The predicted molar refractivity (Wildman–Crippen MR) is 104 cm³/mol. The lowest BCUT2D eigenvalue weighted by Gasteiger charge is -2.20. The second-order valence-electron chi connectivity index (χ2n) is 6.54. The molecule has 5 nitrogen and oxygen atoms in total. The van der Waals surface area contributed by atoms with Crippen LogP contribution in [-0.2, 0) is 11.2 Å². The lowest BCUT2D eigenvalue weighted by Crippen LogP contribution is -2.25. The van der Waals surface area contributed by atoms with Gasteiger partial charge in [-0.2, -0.15) is 0 Å². The quantitative estimate of drug-likeness (QED) is 0.797. The normalized spacial score (nSPS) is 17.7. The number of benzene rings is 2. The molecule has 132 valence electrons. The molecule has 0 saturated carbocycles. The van der Waals surface area contributed by atoms with Gasteiger partial charge in [-0.3, -0.25) is 9.69 Å². The maximum absolute atomic E-state index is 12.2. The first-order valence-corrected chi connectivity index (χ1v) is 8.66. The van der Waals surface area contributed by atoms with Gasteiger partial charge >= 0.3 is 0 Å². The highest BCUT2D eigenvalue weighted by Gasteiger charge is 2.24. The highest BCUT2D eigenvalue weighted by molar-refractivity contribution is 6.13. The van der Waals surface area contributed by atoms with Gasteiger partial charge in [0.15, 0.2) is 0 Å². The fraction of sp³-hybridized carbons (Fsp3) is 0.238. The van der Waals surface area contributed by atoms with Gasteiger partial charge in [0.2, 0.25) is 0 Å². The molecule has 1 amide bonds. The Kier molecular flexibility index (Phi) is 3.99. The molecule has 5 heteroatoms. The molecule has 2 aliphatic heterocycles. The summed E-state index contributed by atoms with van der Waals surface area (Å²) in [6, 6.07) is 14.4. The largest absolute Gasteiger partial charge is 0.497 e. The van der Waals surface area contributed by atoms with Crippen molar-refractivity contribution >= 4 is 29.2 Å². The zero-order valence-electron chi connectivity index (χ0n) is 15.2. The van der Waals surface area contributed by atoms with E-state index >= 15 is 0 Å². The molecule has 2 aliphatic rings. The molecule has 0 saturated heterocycles. The average molecular weight is 347 g/mol. The molecule has 0 bridgehead atoms. The molecule has 4 rings (SSSR count). The highest BCUT2D eigenvalue weighted by Crippen LogP contribution is 2.36. The van der Waals surface area contributed by atoms with Crippen molar-refractivity contribution in [2.45, 2.75) is 13.3 Å². The fourth-order valence-corrected chi connectivity index (χ4v) is 3.41. The molecule has 0 N–H and O–H groups in total. The molecule has 0 fully saturated rings.